The van der Waals surface area contributed by atoms with Gasteiger partial charge < -0.3 is 4.74 Å². The molecule has 1 aromatic heterocycles. The minimum Gasteiger partial charge on any atom is -0.463 e. The molecule has 0 aliphatic heterocycles. The minimum absolute atomic E-state index is 0.0793. The van der Waals surface area contributed by atoms with Crippen LogP contribution in [0.5, 0.6) is 0 Å². The van der Waals surface area contributed by atoms with E-state index in [0.29, 0.717) is 10.3 Å². The Labute approximate surface area is 107 Å². The molecule has 1 rings (SSSR count). The molecule has 0 atom stereocenters. The van der Waals surface area contributed by atoms with Crippen LogP contribution in [0, 0.1) is 6.92 Å². The monoisotopic (exact) mass is 300 g/mol. The summed E-state index contributed by atoms with van der Waals surface area (Å²) in [4.78, 5) is 27.2. The fourth-order valence-corrected chi connectivity index (χ4v) is 1.54. The van der Waals surface area contributed by atoms with Crippen LogP contribution in [-0.2, 0) is 16.1 Å². The average Bonchev–Trinajstić information content (AvgIpc) is 2.29. The average molecular weight is 301 g/mol. The number of hydrogen-bond acceptors (Lipinski definition) is 4. The fourth-order valence-electron chi connectivity index (χ4n) is 1.23. The van der Waals surface area contributed by atoms with Crippen LogP contribution in [0.2, 0.25) is 0 Å². The molecule has 1 aromatic rings. The summed E-state index contributed by atoms with van der Waals surface area (Å²) in [6.45, 7) is 7.36. The quantitative estimate of drug-likeness (QED) is 0.623. The smallest absolute Gasteiger partial charge is 0.335 e. The number of esters is 1. The Morgan fingerprint density at radius 3 is 2.88 bits per heavy atom. The van der Waals surface area contributed by atoms with Crippen LogP contribution in [-0.4, -0.2) is 22.1 Å². The molecule has 6 heteroatoms. The normalized spacial score (nSPS) is 10.1. The lowest BCUT2D eigenvalue weighted by Gasteiger charge is -2.10. The molecule has 0 spiro atoms. The van der Waals surface area contributed by atoms with Gasteiger partial charge in [0.25, 0.3) is 5.56 Å². The second-order valence-corrected chi connectivity index (χ2v) is 4.22. The van der Waals surface area contributed by atoms with E-state index in [1.54, 1.807) is 13.8 Å². The molecule has 17 heavy (non-hydrogen) atoms. The topological polar surface area (TPSA) is 61.2 Å². The fraction of sp³-hybridized carbons (Fsp3) is 0.364. The molecule has 0 unspecified atom stereocenters. The van der Waals surface area contributed by atoms with E-state index in [0.717, 1.165) is 0 Å². The van der Waals surface area contributed by atoms with Gasteiger partial charge in [0.05, 0.1) is 13.2 Å². The summed E-state index contributed by atoms with van der Waals surface area (Å²) in [6.07, 6.45) is 1.43. The van der Waals surface area contributed by atoms with E-state index >= 15 is 0 Å². The van der Waals surface area contributed by atoms with Crippen molar-refractivity contribution >= 4 is 21.9 Å². The van der Waals surface area contributed by atoms with E-state index < -0.39 is 5.97 Å². The van der Waals surface area contributed by atoms with Crippen molar-refractivity contribution in [3.63, 3.8) is 0 Å². The van der Waals surface area contributed by atoms with E-state index in [1.165, 1.54) is 10.8 Å². The summed E-state index contributed by atoms with van der Waals surface area (Å²) in [6, 6.07) is 0. The van der Waals surface area contributed by atoms with Gasteiger partial charge in [-0.15, -0.1) is 0 Å². The van der Waals surface area contributed by atoms with E-state index in [9.17, 15) is 9.59 Å². The first-order chi connectivity index (χ1) is 7.97. The van der Waals surface area contributed by atoms with Crippen molar-refractivity contribution in [2.24, 2.45) is 0 Å². The third-order valence-corrected chi connectivity index (χ3v) is 2.66. The van der Waals surface area contributed by atoms with Gasteiger partial charge in [0.2, 0.25) is 0 Å². The third-order valence-electron chi connectivity index (χ3n) is 2.12. The number of rotatable bonds is 4. The summed E-state index contributed by atoms with van der Waals surface area (Å²) < 4.78 is 6.51. The predicted octanol–water partition coefficient (Wildman–Crippen LogP) is 1.43. The first-order valence-corrected chi connectivity index (χ1v) is 5.83. The number of nitrogens with zero attached hydrogens (tertiary/aromatic N) is 2. The highest BCUT2D eigenvalue weighted by atomic mass is 79.9. The van der Waals surface area contributed by atoms with Crippen LogP contribution in [0.15, 0.2) is 27.6 Å². The van der Waals surface area contributed by atoms with Crippen molar-refractivity contribution in [2.75, 3.05) is 6.61 Å². The predicted molar refractivity (Wildman–Crippen MR) is 66.7 cm³/mol. The van der Waals surface area contributed by atoms with Gasteiger partial charge >= 0.3 is 5.97 Å². The number of ether oxygens (including phenoxy) is 1. The highest BCUT2D eigenvalue weighted by Crippen LogP contribution is 2.05. The van der Waals surface area contributed by atoms with Gasteiger partial charge in [-0.25, -0.2) is 9.78 Å². The van der Waals surface area contributed by atoms with Crippen molar-refractivity contribution in [3.8, 4) is 0 Å². The molecule has 1 heterocycles. The Balaban J connectivity index is 2.96. The summed E-state index contributed by atoms with van der Waals surface area (Å²) in [7, 11) is 0. The van der Waals surface area contributed by atoms with Gasteiger partial charge in [-0.3, -0.25) is 9.36 Å². The molecule has 0 fully saturated rings. The van der Waals surface area contributed by atoms with Crippen molar-refractivity contribution < 1.29 is 9.53 Å². The van der Waals surface area contributed by atoms with Gasteiger partial charge in [0.15, 0.2) is 0 Å². The van der Waals surface area contributed by atoms with Crippen LogP contribution < -0.4 is 5.56 Å². The third kappa shape index (κ3) is 3.26. The van der Waals surface area contributed by atoms with Gasteiger partial charge in [-0.05, 0) is 29.8 Å². The molecule has 0 amide bonds. The molecule has 0 aliphatic rings. The Kier molecular flexibility index (Phi) is 4.62. The maximum absolute atomic E-state index is 11.8. The first-order valence-electron chi connectivity index (χ1n) is 5.04. The standard InChI is InChI=1S/C11H13BrN2O3/c1-4-17-11(16)7(2)6-14-8(3)13-5-9(12)10(14)15/h5H,2,4,6H2,1,3H3. The van der Waals surface area contributed by atoms with E-state index in [4.69, 9.17) is 4.74 Å². The Bertz CT molecular complexity index is 508. The van der Waals surface area contributed by atoms with E-state index in [2.05, 4.69) is 27.5 Å². The Morgan fingerprint density at radius 2 is 2.29 bits per heavy atom. The van der Waals surface area contributed by atoms with Gasteiger partial charge in [0, 0.05) is 11.8 Å². The van der Waals surface area contributed by atoms with Crippen molar-refractivity contribution in [1.29, 1.82) is 0 Å². The molecule has 92 valence electrons. The van der Waals surface area contributed by atoms with Crippen LogP contribution in [0.25, 0.3) is 0 Å². The number of carbonyl (C=O) groups is 1. The van der Waals surface area contributed by atoms with Gasteiger partial charge in [-0.2, -0.15) is 0 Å². The lowest BCUT2D eigenvalue weighted by Crippen LogP contribution is -2.26. The first kappa shape index (κ1) is 13.6. The zero-order chi connectivity index (χ0) is 13.0. The van der Waals surface area contributed by atoms with E-state index in [1.807, 2.05) is 0 Å². The van der Waals surface area contributed by atoms with Crippen LogP contribution in [0.3, 0.4) is 0 Å². The highest BCUT2D eigenvalue weighted by molar-refractivity contribution is 9.10. The van der Waals surface area contributed by atoms with Crippen LogP contribution >= 0.6 is 15.9 Å². The largest absolute Gasteiger partial charge is 0.463 e. The van der Waals surface area contributed by atoms with Crippen molar-refractivity contribution in [3.05, 3.63) is 39.0 Å². The molecular weight excluding hydrogens is 288 g/mol. The maximum atomic E-state index is 11.8. The molecule has 0 aromatic carbocycles. The van der Waals surface area contributed by atoms with Crippen LogP contribution in [0.4, 0.5) is 0 Å². The van der Waals surface area contributed by atoms with Gasteiger partial charge in [0.1, 0.15) is 10.3 Å². The molecule has 0 saturated carbocycles. The number of halogens is 1. The zero-order valence-corrected chi connectivity index (χ0v) is 11.3. The minimum atomic E-state index is -0.501. The summed E-state index contributed by atoms with van der Waals surface area (Å²) in [5, 5.41) is 0. The second-order valence-electron chi connectivity index (χ2n) is 3.37. The van der Waals surface area contributed by atoms with Crippen LogP contribution in [0.1, 0.15) is 12.7 Å². The molecule has 5 nitrogen and oxygen atoms in total. The molecule has 0 aliphatic carbocycles. The summed E-state index contributed by atoms with van der Waals surface area (Å²) in [5.41, 5.74) is -0.0279. The molecule has 0 radical (unpaired) electrons. The van der Waals surface area contributed by atoms with Crippen molar-refractivity contribution in [2.45, 2.75) is 20.4 Å². The summed E-state index contributed by atoms with van der Waals surface area (Å²) >= 11 is 3.10. The number of carbonyl (C=O) groups excluding carboxylic acids is 1. The van der Waals surface area contributed by atoms with E-state index in [-0.39, 0.29) is 24.3 Å². The highest BCUT2D eigenvalue weighted by Gasteiger charge is 2.12. The Hall–Kier alpha value is -1.43. The number of aryl methyl sites for hydroxylation is 1. The van der Waals surface area contributed by atoms with Gasteiger partial charge in [-0.1, -0.05) is 6.58 Å². The maximum Gasteiger partial charge on any atom is 0.335 e. The lowest BCUT2D eigenvalue weighted by atomic mass is 10.3. The van der Waals surface area contributed by atoms with Crippen molar-refractivity contribution in [1.82, 2.24) is 9.55 Å². The molecule has 0 saturated heterocycles. The Morgan fingerprint density at radius 1 is 1.65 bits per heavy atom. The molecule has 0 bridgehead atoms. The number of aromatic nitrogens is 2. The summed E-state index contributed by atoms with van der Waals surface area (Å²) in [5.74, 6) is 0.0161. The lowest BCUT2D eigenvalue weighted by molar-refractivity contribution is -0.138. The second kappa shape index (κ2) is 5.77. The number of hydrogen-bond donors (Lipinski definition) is 0. The molecule has 0 N–H and O–H groups in total. The SMILES string of the molecule is C=C(Cn1c(C)ncc(Br)c1=O)C(=O)OCC. The molecular formula is C11H13BrN2O3. The zero-order valence-electron chi connectivity index (χ0n) is 9.70.